The van der Waals surface area contributed by atoms with E-state index < -0.39 is 0 Å². The molecule has 0 atom stereocenters. The van der Waals surface area contributed by atoms with Gasteiger partial charge in [0.2, 0.25) is 5.91 Å². The SMILES string of the molecule is O=C(CN1CCN(Cc2ccc(Cl)s2)CC1)Nc1cccnc1Cl. The van der Waals surface area contributed by atoms with Crippen LogP contribution in [0, 0.1) is 0 Å². The average molecular weight is 385 g/mol. The van der Waals surface area contributed by atoms with Gasteiger partial charge >= 0.3 is 0 Å². The molecular weight excluding hydrogens is 367 g/mol. The molecule has 0 saturated carbocycles. The van der Waals surface area contributed by atoms with Crippen LogP contribution in [0.5, 0.6) is 0 Å². The zero-order chi connectivity index (χ0) is 16.9. The molecule has 2 aromatic rings. The summed E-state index contributed by atoms with van der Waals surface area (Å²) >= 11 is 13.5. The van der Waals surface area contributed by atoms with E-state index in [1.165, 1.54) is 4.88 Å². The molecule has 1 fully saturated rings. The predicted octanol–water partition coefficient (Wildman–Crippen LogP) is 3.21. The second-order valence-electron chi connectivity index (χ2n) is 5.65. The highest BCUT2D eigenvalue weighted by atomic mass is 35.5. The molecule has 0 radical (unpaired) electrons. The number of aromatic nitrogens is 1. The first-order valence-corrected chi connectivity index (χ1v) is 9.27. The summed E-state index contributed by atoms with van der Waals surface area (Å²) in [5.74, 6) is -0.0663. The fourth-order valence-corrected chi connectivity index (χ4v) is 3.93. The van der Waals surface area contributed by atoms with E-state index in [4.69, 9.17) is 23.2 Å². The number of thiophene rings is 1. The molecule has 3 heterocycles. The Morgan fingerprint density at radius 2 is 1.92 bits per heavy atom. The van der Waals surface area contributed by atoms with Crippen LogP contribution in [-0.2, 0) is 11.3 Å². The van der Waals surface area contributed by atoms with Crippen LogP contribution in [0.2, 0.25) is 9.49 Å². The molecule has 1 aliphatic rings. The molecule has 0 spiro atoms. The smallest absolute Gasteiger partial charge is 0.238 e. The van der Waals surface area contributed by atoms with Gasteiger partial charge in [0, 0.05) is 43.8 Å². The monoisotopic (exact) mass is 384 g/mol. The van der Waals surface area contributed by atoms with E-state index >= 15 is 0 Å². The maximum absolute atomic E-state index is 12.1. The largest absolute Gasteiger partial charge is 0.322 e. The van der Waals surface area contributed by atoms with Crippen molar-refractivity contribution < 1.29 is 4.79 Å². The number of rotatable bonds is 5. The van der Waals surface area contributed by atoms with Gasteiger partial charge in [0.05, 0.1) is 16.6 Å². The molecule has 0 unspecified atom stereocenters. The lowest BCUT2D eigenvalue weighted by Crippen LogP contribution is -2.48. The van der Waals surface area contributed by atoms with E-state index in [0.717, 1.165) is 37.1 Å². The van der Waals surface area contributed by atoms with Gasteiger partial charge in [-0.05, 0) is 24.3 Å². The minimum atomic E-state index is -0.0663. The van der Waals surface area contributed by atoms with Crippen LogP contribution in [0.1, 0.15) is 4.88 Å². The summed E-state index contributed by atoms with van der Waals surface area (Å²) in [7, 11) is 0. The van der Waals surface area contributed by atoms with Crippen molar-refractivity contribution in [2.45, 2.75) is 6.54 Å². The molecule has 1 amide bonds. The zero-order valence-corrected chi connectivity index (χ0v) is 15.4. The number of amides is 1. The highest BCUT2D eigenvalue weighted by Gasteiger charge is 2.19. The van der Waals surface area contributed by atoms with Gasteiger partial charge in [-0.25, -0.2) is 4.98 Å². The van der Waals surface area contributed by atoms with Crippen molar-refractivity contribution in [3.8, 4) is 0 Å². The van der Waals surface area contributed by atoms with Gasteiger partial charge in [-0.15, -0.1) is 11.3 Å². The van der Waals surface area contributed by atoms with Gasteiger partial charge in [-0.2, -0.15) is 0 Å². The van der Waals surface area contributed by atoms with E-state index in [-0.39, 0.29) is 5.91 Å². The summed E-state index contributed by atoms with van der Waals surface area (Å²) in [5, 5.41) is 3.12. The van der Waals surface area contributed by atoms with E-state index in [1.807, 2.05) is 6.07 Å². The van der Waals surface area contributed by atoms with Crippen molar-refractivity contribution >= 4 is 46.1 Å². The number of pyridine rings is 1. The molecule has 8 heteroatoms. The van der Waals surface area contributed by atoms with Crippen LogP contribution in [0.15, 0.2) is 30.5 Å². The molecule has 128 valence electrons. The lowest BCUT2D eigenvalue weighted by atomic mass is 10.3. The summed E-state index contributed by atoms with van der Waals surface area (Å²) in [6, 6.07) is 7.50. The van der Waals surface area contributed by atoms with Crippen molar-refractivity contribution in [3.05, 3.63) is 44.8 Å². The topological polar surface area (TPSA) is 48.5 Å². The molecule has 1 aliphatic heterocycles. The number of hydrogen-bond acceptors (Lipinski definition) is 5. The Morgan fingerprint density at radius 3 is 2.58 bits per heavy atom. The molecule has 1 saturated heterocycles. The van der Waals surface area contributed by atoms with Crippen LogP contribution < -0.4 is 5.32 Å². The minimum Gasteiger partial charge on any atom is -0.322 e. The second kappa shape index (κ2) is 8.27. The number of nitrogens with zero attached hydrogens (tertiary/aromatic N) is 3. The summed E-state index contributed by atoms with van der Waals surface area (Å²) in [6.07, 6.45) is 1.60. The van der Waals surface area contributed by atoms with E-state index in [1.54, 1.807) is 29.7 Å². The molecule has 0 aromatic carbocycles. The summed E-state index contributed by atoms with van der Waals surface area (Å²) in [6.45, 7) is 4.90. The minimum absolute atomic E-state index is 0.0663. The van der Waals surface area contributed by atoms with Gasteiger partial charge in [0.1, 0.15) is 0 Å². The van der Waals surface area contributed by atoms with Crippen LogP contribution in [0.25, 0.3) is 0 Å². The molecular formula is C16H18Cl2N4OS. The quantitative estimate of drug-likeness (QED) is 0.804. The molecule has 24 heavy (non-hydrogen) atoms. The summed E-state index contributed by atoms with van der Waals surface area (Å²) in [4.78, 5) is 21.9. The van der Waals surface area contributed by atoms with Gasteiger partial charge in [-0.1, -0.05) is 23.2 Å². The van der Waals surface area contributed by atoms with Crippen molar-refractivity contribution in [3.63, 3.8) is 0 Å². The standard InChI is InChI=1S/C16H18Cl2N4OS/c17-14-4-3-12(24-14)10-21-6-8-22(9-7-21)11-15(23)20-13-2-1-5-19-16(13)18/h1-5H,6-11H2,(H,20,23). The number of halogens is 2. The molecule has 1 N–H and O–H groups in total. The summed E-state index contributed by atoms with van der Waals surface area (Å²) in [5.41, 5.74) is 0.553. The van der Waals surface area contributed by atoms with Crippen molar-refractivity contribution in [1.29, 1.82) is 0 Å². The second-order valence-corrected chi connectivity index (χ2v) is 7.81. The predicted molar refractivity (Wildman–Crippen MR) is 98.9 cm³/mol. The van der Waals surface area contributed by atoms with Crippen LogP contribution in [0.3, 0.4) is 0 Å². The first-order valence-electron chi connectivity index (χ1n) is 7.69. The van der Waals surface area contributed by atoms with Crippen LogP contribution >= 0.6 is 34.5 Å². The third-order valence-electron chi connectivity index (χ3n) is 3.87. The third-order valence-corrected chi connectivity index (χ3v) is 5.39. The third kappa shape index (κ3) is 4.91. The van der Waals surface area contributed by atoms with Crippen molar-refractivity contribution in [2.75, 3.05) is 38.0 Å². The van der Waals surface area contributed by atoms with Gasteiger partial charge in [0.25, 0.3) is 0 Å². The highest BCUT2D eigenvalue weighted by molar-refractivity contribution is 7.16. The summed E-state index contributed by atoms with van der Waals surface area (Å²) < 4.78 is 0.828. The highest BCUT2D eigenvalue weighted by Crippen LogP contribution is 2.23. The van der Waals surface area contributed by atoms with Gasteiger partial charge < -0.3 is 5.32 Å². The number of piperazine rings is 1. The van der Waals surface area contributed by atoms with Crippen LogP contribution in [0.4, 0.5) is 5.69 Å². The van der Waals surface area contributed by atoms with E-state index in [0.29, 0.717) is 17.4 Å². The first-order chi connectivity index (χ1) is 11.6. The van der Waals surface area contributed by atoms with Crippen molar-refractivity contribution in [2.24, 2.45) is 0 Å². The van der Waals surface area contributed by atoms with Gasteiger partial charge in [-0.3, -0.25) is 14.6 Å². The number of anilines is 1. The Kier molecular flexibility index (Phi) is 6.08. The number of carbonyl (C=O) groups is 1. The van der Waals surface area contributed by atoms with Crippen LogP contribution in [-0.4, -0.2) is 53.4 Å². The zero-order valence-electron chi connectivity index (χ0n) is 13.0. The molecule has 5 nitrogen and oxygen atoms in total. The molecule has 0 bridgehead atoms. The Bertz CT molecular complexity index is 701. The fourth-order valence-electron chi connectivity index (χ4n) is 2.63. The molecule has 2 aromatic heterocycles. The van der Waals surface area contributed by atoms with Gasteiger partial charge in [0.15, 0.2) is 5.15 Å². The van der Waals surface area contributed by atoms with Crippen molar-refractivity contribution in [1.82, 2.24) is 14.8 Å². The first kappa shape index (κ1) is 17.6. The number of carbonyl (C=O) groups excluding carboxylic acids is 1. The Balaban J connectivity index is 1.43. The van der Waals surface area contributed by atoms with E-state index in [9.17, 15) is 4.79 Å². The lowest BCUT2D eigenvalue weighted by molar-refractivity contribution is -0.117. The average Bonchev–Trinajstić information content (AvgIpc) is 2.96. The maximum atomic E-state index is 12.1. The lowest BCUT2D eigenvalue weighted by Gasteiger charge is -2.34. The molecule has 3 rings (SSSR count). The number of nitrogens with one attached hydrogen (secondary N) is 1. The fraction of sp³-hybridized carbons (Fsp3) is 0.375. The Hall–Kier alpha value is -1.18. The Labute approximate surface area is 155 Å². The molecule has 0 aliphatic carbocycles. The Morgan fingerprint density at radius 1 is 1.17 bits per heavy atom. The maximum Gasteiger partial charge on any atom is 0.238 e. The number of hydrogen-bond donors (Lipinski definition) is 1. The van der Waals surface area contributed by atoms with E-state index in [2.05, 4.69) is 26.2 Å². The normalized spacial score (nSPS) is 16.2.